The molecule has 0 aromatic heterocycles. The summed E-state index contributed by atoms with van der Waals surface area (Å²) in [6.07, 6.45) is 3.71. The Morgan fingerprint density at radius 3 is 2.55 bits per heavy atom. The van der Waals surface area contributed by atoms with Gasteiger partial charge in [-0.25, -0.2) is 4.79 Å². The SMILES string of the molecule is C=CC(=O)OC(=O)C1CCCCC1(C)C(=O)OCC.[Cu]. The minimum absolute atomic E-state index is 0. The van der Waals surface area contributed by atoms with Crippen molar-refractivity contribution in [2.24, 2.45) is 11.3 Å². The summed E-state index contributed by atoms with van der Waals surface area (Å²) in [5.74, 6) is -2.49. The molecule has 0 bridgehead atoms. The predicted octanol–water partition coefficient (Wildman–Crippen LogP) is 2.00. The van der Waals surface area contributed by atoms with Gasteiger partial charge in [-0.15, -0.1) is 0 Å². The van der Waals surface area contributed by atoms with E-state index < -0.39 is 29.2 Å². The van der Waals surface area contributed by atoms with Crippen molar-refractivity contribution in [1.29, 1.82) is 0 Å². The number of hydrogen-bond acceptors (Lipinski definition) is 5. The third-order valence-electron chi connectivity index (χ3n) is 3.60. The first-order chi connectivity index (χ1) is 8.95. The molecule has 1 radical (unpaired) electrons. The summed E-state index contributed by atoms with van der Waals surface area (Å²) in [5, 5.41) is 0. The van der Waals surface area contributed by atoms with Gasteiger partial charge in [0.15, 0.2) is 0 Å². The molecule has 0 aliphatic heterocycles. The molecule has 20 heavy (non-hydrogen) atoms. The van der Waals surface area contributed by atoms with Gasteiger partial charge in [0.1, 0.15) is 0 Å². The maximum Gasteiger partial charge on any atom is 0.337 e. The van der Waals surface area contributed by atoms with E-state index in [4.69, 9.17) is 4.74 Å². The van der Waals surface area contributed by atoms with Crippen LogP contribution in [0.5, 0.6) is 0 Å². The Morgan fingerprint density at radius 1 is 1.35 bits per heavy atom. The molecule has 1 aliphatic carbocycles. The van der Waals surface area contributed by atoms with E-state index in [1.807, 2.05) is 0 Å². The Bertz CT molecular complexity index is 393. The first-order valence-corrected chi connectivity index (χ1v) is 6.51. The third kappa shape index (κ3) is 4.18. The number of esters is 3. The number of carbonyl (C=O) groups is 3. The van der Waals surface area contributed by atoms with E-state index in [0.29, 0.717) is 12.8 Å². The van der Waals surface area contributed by atoms with E-state index in [0.717, 1.165) is 18.9 Å². The van der Waals surface area contributed by atoms with Crippen LogP contribution in [0.2, 0.25) is 0 Å². The fourth-order valence-corrected chi connectivity index (χ4v) is 2.46. The largest absolute Gasteiger partial charge is 0.466 e. The van der Waals surface area contributed by atoms with E-state index in [2.05, 4.69) is 11.3 Å². The van der Waals surface area contributed by atoms with Gasteiger partial charge in [0.05, 0.1) is 17.9 Å². The maximum atomic E-state index is 12.1. The molecule has 0 amide bonds. The molecule has 6 heteroatoms. The van der Waals surface area contributed by atoms with Gasteiger partial charge in [-0.2, -0.15) is 0 Å². The third-order valence-corrected chi connectivity index (χ3v) is 3.60. The molecule has 5 nitrogen and oxygen atoms in total. The second-order valence-electron chi connectivity index (χ2n) is 4.88. The van der Waals surface area contributed by atoms with Gasteiger partial charge < -0.3 is 9.47 Å². The molecule has 0 aromatic rings. The van der Waals surface area contributed by atoms with Gasteiger partial charge in [-0.05, 0) is 26.7 Å². The Balaban J connectivity index is 0.00000361. The number of hydrogen-bond donors (Lipinski definition) is 0. The van der Waals surface area contributed by atoms with Crippen molar-refractivity contribution < 1.29 is 40.9 Å². The van der Waals surface area contributed by atoms with Crippen LogP contribution >= 0.6 is 0 Å². The summed E-state index contributed by atoms with van der Waals surface area (Å²) >= 11 is 0. The summed E-state index contributed by atoms with van der Waals surface area (Å²) in [7, 11) is 0. The molecule has 2 unspecified atom stereocenters. The standard InChI is InChI=1S/C14H20O5.Cu/c1-4-11(15)19-12(16)10-8-6-7-9-14(10,3)13(17)18-5-2;/h4,10H,1,5-9H2,2-3H3;. The minimum atomic E-state index is -0.910. The number of carbonyl (C=O) groups excluding carboxylic acids is 3. The van der Waals surface area contributed by atoms with E-state index in [1.165, 1.54) is 0 Å². The Hall–Kier alpha value is -1.13. The summed E-state index contributed by atoms with van der Waals surface area (Å²) in [4.78, 5) is 35.1. The summed E-state index contributed by atoms with van der Waals surface area (Å²) in [6.45, 7) is 6.93. The van der Waals surface area contributed by atoms with Crippen molar-refractivity contribution in [1.82, 2.24) is 0 Å². The average molecular weight is 332 g/mol. The molecule has 0 aromatic carbocycles. The molecule has 1 fully saturated rings. The molecule has 1 aliphatic rings. The molecule has 0 spiro atoms. The topological polar surface area (TPSA) is 69.7 Å². The first kappa shape index (κ1) is 18.9. The fraction of sp³-hybridized carbons (Fsp3) is 0.643. The summed E-state index contributed by atoms with van der Waals surface area (Å²) in [6, 6.07) is 0. The number of ether oxygens (including phenoxy) is 2. The van der Waals surface area contributed by atoms with Gasteiger partial charge in [0.25, 0.3) is 0 Å². The Kier molecular flexibility index (Phi) is 7.76. The normalized spacial score (nSPS) is 25.0. The van der Waals surface area contributed by atoms with Gasteiger partial charge >= 0.3 is 17.9 Å². The van der Waals surface area contributed by atoms with Crippen LogP contribution in [0.4, 0.5) is 0 Å². The monoisotopic (exact) mass is 331 g/mol. The zero-order valence-electron chi connectivity index (χ0n) is 11.7. The van der Waals surface area contributed by atoms with Crippen LogP contribution in [0.3, 0.4) is 0 Å². The molecule has 1 saturated carbocycles. The minimum Gasteiger partial charge on any atom is -0.466 e. The molecule has 1 rings (SSSR count). The zero-order chi connectivity index (χ0) is 14.5. The number of rotatable bonds is 4. The van der Waals surface area contributed by atoms with Crippen molar-refractivity contribution in [3.63, 3.8) is 0 Å². The molecule has 2 atom stereocenters. The predicted molar refractivity (Wildman–Crippen MR) is 68.0 cm³/mol. The van der Waals surface area contributed by atoms with Crippen LogP contribution in [-0.2, 0) is 40.9 Å². The van der Waals surface area contributed by atoms with Crippen LogP contribution < -0.4 is 0 Å². The van der Waals surface area contributed by atoms with E-state index in [-0.39, 0.29) is 23.7 Å². The Labute approximate surface area is 129 Å². The first-order valence-electron chi connectivity index (χ1n) is 6.51. The molecule has 0 saturated heterocycles. The van der Waals surface area contributed by atoms with E-state index in [1.54, 1.807) is 13.8 Å². The van der Waals surface area contributed by atoms with Crippen LogP contribution in [0.25, 0.3) is 0 Å². The molecular formula is C14H20CuO5. The van der Waals surface area contributed by atoms with E-state index >= 15 is 0 Å². The molecule has 117 valence electrons. The van der Waals surface area contributed by atoms with Gasteiger partial charge in [0.2, 0.25) is 0 Å². The van der Waals surface area contributed by atoms with Crippen LogP contribution in [0.15, 0.2) is 12.7 Å². The van der Waals surface area contributed by atoms with Gasteiger partial charge in [-0.1, -0.05) is 19.4 Å². The second-order valence-corrected chi connectivity index (χ2v) is 4.88. The average Bonchev–Trinajstić information content (AvgIpc) is 2.39. The Morgan fingerprint density at radius 2 is 2.00 bits per heavy atom. The van der Waals surface area contributed by atoms with Crippen LogP contribution in [0.1, 0.15) is 39.5 Å². The summed E-state index contributed by atoms with van der Waals surface area (Å²) in [5.41, 5.74) is -0.910. The van der Waals surface area contributed by atoms with Crippen LogP contribution in [0, 0.1) is 11.3 Å². The quantitative estimate of drug-likeness (QED) is 0.341. The maximum absolute atomic E-state index is 12.1. The van der Waals surface area contributed by atoms with Crippen LogP contribution in [-0.4, -0.2) is 24.5 Å². The van der Waals surface area contributed by atoms with Gasteiger partial charge in [0, 0.05) is 23.1 Å². The van der Waals surface area contributed by atoms with Crippen molar-refractivity contribution in [3.05, 3.63) is 12.7 Å². The zero-order valence-corrected chi connectivity index (χ0v) is 12.7. The molecule has 0 N–H and O–H groups in total. The van der Waals surface area contributed by atoms with E-state index in [9.17, 15) is 14.4 Å². The van der Waals surface area contributed by atoms with Gasteiger partial charge in [-0.3, -0.25) is 9.59 Å². The van der Waals surface area contributed by atoms with Crippen molar-refractivity contribution >= 4 is 17.9 Å². The summed E-state index contributed by atoms with van der Waals surface area (Å²) < 4.78 is 9.70. The molecular weight excluding hydrogens is 312 g/mol. The van der Waals surface area contributed by atoms with Crippen molar-refractivity contribution in [2.75, 3.05) is 6.61 Å². The smallest absolute Gasteiger partial charge is 0.337 e. The molecule has 0 heterocycles. The van der Waals surface area contributed by atoms with Crippen molar-refractivity contribution in [2.45, 2.75) is 39.5 Å². The fourth-order valence-electron chi connectivity index (χ4n) is 2.46. The van der Waals surface area contributed by atoms with Crippen molar-refractivity contribution in [3.8, 4) is 0 Å². The second kappa shape index (κ2) is 8.22.